The van der Waals surface area contributed by atoms with Crippen LogP contribution in [0.25, 0.3) is 10.6 Å². The van der Waals surface area contributed by atoms with Crippen LogP contribution in [0.4, 0.5) is 4.39 Å². The third-order valence-electron chi connectivity index (χ3n) is 2.73. The molecular formula is C13H16FN3S. The van der Waals surface area contributed by atoms with Crippen molar-refractivity contribution in [2.24, 2.45) is 0 Å². The van der Waals surface area contributed by atoms with Crippen LogP contribution in [0.3, 0.4) is 0 Å². The van der Waals surface area contributed by atoms with Crippen LogP contribution in [0.5, 0.6) is 0 Å². The van der Waals surface area contributed by atoms with E-state index < -0.39 is 0 Å². The summed E-state index contributed by atoms with van der Waals surface area (Å²) in [7, 11) is 0. The maximum absolute atomic E-state index is 13.2. The molecule has 2 aromatic rings. The SMILES string of the molecule is CCNC(C)c1nnc(-c2ccc(F)c(C)c2)s1. The van der Waals surface area contributed by atoms with Crippen LogP contribution in [0.1, 0.15) is 30.5 Å². The molecule has 1 aromatic heterocycles. The number of benzene rings is 1. The summed E-state index contributed by atoms with van der Waals surface area (Å²) >= 11 is 1.54. The predicted octanol–water partition coefficient (Wildman–Crippen LogP) is 3.32. The van der Waals surface area contributed by atoms with Gasteiger partial charge in [0.05, 0.1) is 6.04 Å². The van der Waals surface area contributed by atoms with Crippen LogP contribution in [-0.2, 0) is 0 Å². The van der Waals surface area contributed by atoms with Gasteiger partial charge in [-0.05, 0) is 44.2 Å². The summed E-state index contributed by atoms with van der Waals surface area (Å²) < 4.78 is 13.2. The molecule has 0 aliphatic rings. The zero-order valence-corrected chi connectivity index (χ0v) is 11.5. The lowest BCUT2D eigenvalue weighted by Crippen LogP contribution is -2.17. The van der Waals surface area contributed by atoms with E-state index in [0.29, 0.717) is 5.56 Å². The standard InChI is InChI=1S/C13H16FN3S/c1-4-15-9(3)12-16-17-13(18-12)10-5-6-11(14)8(2)7-10/h5-7,9,15H,4H2,1-3H3. The summed E-state index contributed by atoms with van der Waals surface area (Å²) in [5, 5.41) is 13.4. The average Bonchev–Trinajstić information content (AvgIpc) is 2.82. The minimum atomic E-state index is -0.190. The van der Waals surface area contributed by atoms with E-state index in [1.54, 1.807) is 30.4 Å². The summed E-state index contributed by atoms with van der Waals surface area (Å²) in [6, 6.07) is 5.21. The lowest BCUT2D eigenvalue weighted by molar-refractivity contribution is 0.590. The number of nitrogens with one attached hydrogen (secondary N) is 1. The molecule has 5 heteroatoms. The van der Waals surface area contributed by atoms with E-state index in [1.807, 2.05) is 0 Å². The number of halogens is 1. The Morgan fingerprint density at radius 3 is 2.83 bits per heavy atom. The molecular weight excluding hydrogens is 249 g/mol. The van der Waals surface area contributed by atoms with Gasteiger partial charge in [0, 0.05) is 5.56 Å². The molecule has 3 nitrogen and oxygen atoms in total. The predicted molar refractivity (Wildman–Crippen MR) is 72.1 cm³/mol. The molecule has 0 aliphatic heterocycles. The molecule has 1 heterocycles. The Hall–Kier alpha value is -1.33. The first-order valence-corrected chi connectivity index (χ1v) is 6.76. The van der Waals surface area contributed by atoms with E-state index in [-0.39, 0.29) is 11.9 Å². The fraction of sp³-hybridized carbons (Fsp3) is 0.385. The monoisotopic (exact) mass is 265 g/mol. The Kier molecular flexibility index (Phi) is 4.04. The zero-order chi connectivity index (χ0) is 13.1. The molecule has 0 bridgehead atoms. The Labute approximate surface area is 110 Å². The first-order valence-electron chi connectivity index (χ1n) is 5.95. The molecule has 1 N–H and O–H groups in total. The van der Waals surface area contributed by atoms with Gasteiger partial charge in [-0.3, -0.25) is 0 Å². The van der Waals surface area contributed by atoms with Gasteiger partial charge >= 0.3 is 0 Å². The molecule has 96 valence electrons. The van der Waals surface area contributed by atoms with Gasteiger partial charge in [-0.15, -0.1) is 10.2 Å². The molecule has 0 saturated heterocycles. The number of hydrogen-bond donors (Lipinski definition) is 1. The van der Waals surface area contributed by atoms with Crippen molar-refractivity contribution in [2.45, 2.75) is 26.8 Å². The maximum atomic E-state index is 13.2. The Morgan fingerprint density at radius 1 is 1.39 bits per heavy atom. The lowest BCUT2D eigenvalue weighted by atomic mass is 10.1. The normalized spacial score (nSPS) is 12.7. The third-order valence-corrected chi connectivity index (χ3v) is 3.88. The maximum Gasteiger partial charge on any atom is 0.147 e. The fourth-order valence-electron chi connectivity index (χ4n) is 1.70. The summed E-state index contributed by atoms with van der Waals surface area (Å²) in [6.45, 7) is 6.76. The summed E-state index contributed by atoms with van der Waals surface area (Å²) in [5.41, 5.74) is 1.55. The number of aryl methyl sites for hydroxylation is 1. The Balaban J connectivity index is 2.26. The van der Waals surface area contributed by atoms with Gasteiger partial charge < -0.3 is 5.32 Å². The smallest absolute Gasteiger partial charge is 0.147 e. The van der Waals surface area contributed by atoms with E-state index in [4.69, 9.17) is 0 Å². The van der Waals surface area contributed by atoms with Crippen LogP contribution >= 0.6 is 11.3 Å². The number of nitrogens with zero attached hydrogens (tertiary/aromatic N) is 2. The molecule has 0 amide bonds. The first kappa shape index (κ1) is 13.1. The summed E-state index contributed by atoms with van der Waals surface area (Å²) in [5.74, 6) is -0.190. The first-order chi connectivity index (χ1) is 8.61. The second kappa shape index (κ2) is 5.54. The van der Waals surface area contributed by atoms with E-state index in [9.17, 15) is 4.39 Å². The molecule has 0 saturated carbocycles. The fourth-order valence-corrected chi connectivity index (χ4v) is 2.56. The van der Waals surface area contributed by atoms with Crippen LogP contribution in [0, 0.1) is 12.7 Å². The Morgan fingerprint density at radius 2 is 2.17 bits per heavy atom. The molecule has 0 aliphatic carbocycles. The van der Waals surface area contributed by atoms with E-state index in [0.717, 1.165) is 22.1 Å². The van der Waals surface area contributed by atoms with Gasteiger partial charge in [-0.1, -0.05) is 18.3 Å². The highest BCUT2D eigenvalue weighted by Gasteiger charge is 2.12. The van der Waals surface area contributed by atoms with Crippen LogP contribution in [0.2, 0.25) is 0 Å². The largest absolute Gasteiger partial charge is 0.308 e. The molecule has 0 radical (unpaired) electrons. The van der Waals surface area contributed by atoms with Crippen LogP contribution in [-0.4, -0.2) is 16.7 Å². The minimum Gasteiger partial charge on any atom is -0.308 e. The quantitative estimate of drug-likeness (QED) is 0.921. The highest BCUT2D eigenvalue weighted by molar-refractivity contribution is 7.14. The second-order valence-electron chi connectivity index (χ2n) is 4.19. The third kappa shape index (κ3) is 2.73. The topological polar surface area (TPSA) is 37.8 Å². The highest BCUT2D eigenvalue weighted by Crippen LogP contribution is 2.27. The van der Waals surface area contributed by atoms with E-state index in [2.05, 4.69) is 29.4 Å². The van der Waals surface area contributed by atoms with Crippen molar-refractivity contribution in [3.8, 4) is 10.6 Å². The molecule has 1 unspecified atom stereocenters. The van der Waals surface area contributed by atoms with Crippen molar-refractivity contribution in [1.82, 2.24) is 15.5 Å². The molecule has 18 heavy (non-hydrogen) atoms. The van der Waals surface area contributed by atoms with E-state index in [1.165, 1.54) is 6.07 Å². The Bertz CT molecular complexity index is 539. The average molecular weight is 265 g/mol. The van der Waals surface area contributed by atoms with Crippen molar-refractivity contribution in [3.05, 3.63) is 34.6 Å². The van der Waals surface area contributed by atoms with Gasteiger partial charge in [0.1, 0.15) is 15.8 Å². The number of hydrogen-bond acceptors (Lipinski definition) is 4. The van der Waals surface area contributed by atoms with Crippen molar-refractivity contribution in [2.75, 3.05) is 6.54 Å². The molecule has 1 aromatic carbocycles. The minimum absolute atomic E-state index is 0.190. The van der Waals surface area contributed by atoms with Crippen molar-refractivity contribution >= 4 is 11.3 Å². The summed E-state index contributed by atoms with van der Waals surface area (Å²) in [4.78, 5) is 0. The molecule has 0 spiro atoms. The zero-order valence-electron chi connectivity index (χ0n) is 10.7. The molecule has 0 fully saturated rings. The van der Waals surface area contributed by atoms with Crippen molar-refractivity contribution < 1.29 is 4.39 Å². The van der Waals surface area contributed by atoms with Gasteiger partial charge in [-0.25, -0.2) is 4.39 Å². The van der Waals surface area contributed by atoms with Crippen LogP contribution in [0.15, 0.2) is 18.2 Å². The number of rotatable bonds is 4. The van der Waals surface area contributed by atoms with E-state index >= 15 is 0 Å². The summed E-state index contributed by atoms with van der Waals surface area (Å²) in [6.07, 6.45) is 0. The highest BCUT2D eigenvalue weighted by atomic mass is 32.1. The lowest BCUT2D eigenvalue weighted by Gasteiger charge is -2.06. The molecule has 1 atom stereocenters. The van der Waals surface area contributed by atoms with Gasteiger partial charge in [0.25, 0.3) is 0 Å². The second-order valence-corrected chi connectivity index (χ2v) is 5.20. The van der Waals surface area contributed by atoms with Gasteiger partial charge in [-0.2, -0.15) is 0 Å². The van der Waals surface area contributed by atoms with Gasteiger partial charge in [0.2, 0.25) is 0 Å². The molecule has 2 rings (SSSR count). The van der Waals surface area contributed by atoms with Gasteiger partial charge in [0.15, 0.2) is 0 Å². The van der Waals surface area contributed by atoms with Crippen molar-refractivity contribution in [1.29, 1.82) is 0 Å². The van der Waals surface area contributed by atoms with Crippen LogP contribution < -0.4 is 5.32 Å². The number of aromatic nitrogens is 2. The van der Waals surface area contributed by atoms with Crippen molar-refractivity contribution in [3.63, 3.8) is 0 Å².